The molecule has 0 aliphatic carbocycles. The van der Waals surface area contributed by atoms with E-state index in [4.69, 9.17) is 10.8 Å². The zero-order chi connectivity index (χ0) is 8.69. The summed E-state index contributed by atoms with van der Waals surface area (Å²) < 4.78 is 0. The molecule has 0 saturated heterocycles. The Morgan fingerprint density at radius 3 is 2.27 bits per heavy atom. The van der Waals surface area contributed by atoms with Gasteiger partial charge in [0.15, 0.2) is 0 Å². The van der Waals surface area contributed by atoms with Gasteiger partial charge in [-0.05, 0) is 19.5 Å². The van der Waals surface area contributed by atoms with Crippen molar-refractivity contribution in [3.8, 4) is 0 Å². The number of rotatable bonds is 6. The number of aliphatic hydroxyl groups excluding tert-OH is 1. The lowest BCUT2D eigenvalue weighted by Gasteiger charge is -2.19. The number of aliphatic hydroxyl groups is 1. The third-order valence-corrected chi connectivity index (χ3v) is 1.95. The summed E-state index contributed by atoms with van der Waals surface area (Å²) in [7, 11) is 0. The van der Waals surface area contributed by atoms with Crippen molar-refractivity contribution in [2.24, 2.45) is 5.73 Å². The Hall–Kier alpha value is -0.120. The molecule has 0 aliphatic rings. The summed E-state index contributed by atoms with van der Waals surface area (Å²) in [6, 6.07) is 0. The summed E-state index contributed by atoms with van der Waals surface area (Å²) in [5.74, 6) is 0. The van der Waals surface area contributed by atoms with E-state index in [1.807, 2.05) is 0 Å². The van der Waals surface area contributed by atoms with E-state index < -0.39 is 0 Å². The molecule has 3 N–H and O–H groups in total. The number of nitrogens with zero attached hydrogens (tertiary/aromatic N) is 1. The highest BCUT2D eigenvalue weighted by molar-refractivity contribution is 4.59. The molecule has 1 unspecified atom stereocenters. The average molecular weight is 160 g/mol. The largest absolute Gasteiger partial charge is 0.392 e. The van der Waals surface area contributed by atoms with Crippen LogP contribution >= 0.6 is 0 Å². The first kappa shape index (κ1) is 10.9. The Kier molecular flexibility index (Phi) is 6.51. The standard InChI is InChI=1S/C8H20N2O/c1-3-10(4-2)6-5-8(11)7-9/h8,11H,3-7,9H2,1-2H3. The van der Waals surface area contributed by atoms with Gasteiger partial charge in [0.1, 0.15) is 0 Å². The fourth-order valence-corrected chi connectivity index (χ4v) is 0.989. The molecule has 0 rings (SSSR count). The smallest absolute Gasteiger partial charge is 0.0674 e. The van der Waals surface area contributed by atoms with E-state index in [1.165, 1.54) is 0 Å². The number of hydrogen-bond donors (Lipinski definition) is 2. The molecule has 68 valence electrons. The van der Waals surface area contributed by atoms with Crippen molar-refractivity contribution in [2.45, 2.75) is 26.4 Å². The van der Waals surface area contributed by atoms with Crippen LogP contribution in [-0.2, 0) is 0 Å². The molecule has 0 aromatic rings. The normalized spacial score (nSPS) is 13.9. The average Bonchev–Trinajstić information content (AvgIpc) is 2.06. The van der Waals surface area contributed by atoms with Gasteiger partial charge in [0, 0.05) is 13.1 Å². The Morgan fingerprint density at radius 2 is 1.91 bits per heavy atom. The molecule has 0 bridgehead atoms. The maximum Gasteiger partial charge on any atom is 0.0674 e. The molecular weight excluding hydrogens is 140 g/mol. The topological polar surface area (TPSA) is 49.5 Å². The molecule has 3 heteroatoms. The zero-order valence-electron chi connectivity index (χ0n) is 7.58. The maximum absolute atomic E-state index is 9.15. The van der Waals surface area contributed by atoms with Crippen molar-refractivity contribution in [3.63, 3.8) is 0 Å². The second-order valence-corrected chi connectivity index (χ2v) is 2.71. The zero-order valence-corrected chi connectivity index (χ0v) is 7.58. The van der Waals surface area contributed by atoms with Crippen LogP contribution in [-0.4, -0.2) is 42.3 Å². The Bertz CT molecular complexity index is 84.2. The van der Waals surface area contributed by atoms with Crippen molar-refractivity contribution in [2.75, 3.05) is 26.2 Å². The SMILES string of the molecule is CCN(CC)CCC(O)CN. The molecule has 0 spiro atoms. The van der Waals surface area contributed by atoms with Crippen LogP contribution in [0.1, 0.15) is 20.3 Å². The monoisotopic (exact) mass is 160 g/mol. The Balaban J connectivity index is 3.34. The first-order valence-corrected chi connectivity index (χ1v) is 4.35. The van der Waals surface area contributed by atoms with Crippen molar-refractivity contribution in [3.05, 3.63) is 0 Å². The molecule has 0 fully saturated rings. The summed E-state index contributed by atoms with van der Waals surface area (Å²) in [6.07, 6.45) is 0.466. The van der Waals surface area contributed by atoms with E-state index in [0.29, 0.717) is 6.54 Å². The number of nitrogens with two attached hydrogens (primary N) is 1. The lowest BCUT2D eigenvalue weighted by Crippen LogP contribution is -2.29. The third-order valence-electron chi connectivity index (χ3n) is 1.95. The summed E-state index contributed by atoms with van der Waals surface area (Å²) in [5, 5.41) is 9.15. The van der Waals surface area contributed by atoms with Crippen molar-refractivity contribution in [1.82, 2.24) is 4.90 Å². The third kappa shape index (κ3) is 5.18. The van der Waals surface area contributed by atoms with Gasteiger partial charge in [0.25, 0.3) is 0 Å². The van der Waals surface area contributed by atoms with Crippen LogP contribution in [0.3, 0.4) is 0 Å². The quantitative estimate of drug-likeness (QED) is 0.576. The Morgan fingerprint density at radius 1 is 1.36 bits per heavy atom. The van der Waals surface area contributed by atoms with Gasteiger partial charge in [-0.2, -0.15) is 0 Å². The van der Waals surface area contributed by atoms with Gasteiger partial charge in [-0.25, -0.2) is 0 Å². The van der Waals surface area contributed by atoms with E-state index >= 15 is 0 Å². The maximum atomic E-state index is 9.15. The van der Waals surface area contributed by atoms with Crippen LogP contribution in [0.15, 0.2) is 0 Å². The lowest BCUT2D eigenvalue weighted by atomic mass is 10.2. The van der Waals surface area contributed by atoms with E-state index in [9.17, 15) is 0 Å². The summed E-state index contributed by atoms with van der Waals surface area (Å²) in [4.78, 5) is 2.28. The minimum absolute atomic E-state index is 0.324. The van der Waals surface area contributed by atoms with Crippen LogP contribution < -0.4 is 5.73 Å². The van der Waals surface area contributed by atoms with Gasteiger partial charge < -0.3 is 15.7 Å². The molecule has 11 heavy (non-hydrogen) atoms. The first-order chi connectivity index (χ1) is 5.24. The van der Waals surface area contributed by atoms with Gasteiger partial charge in [-0.15, -0.1) is 0 Å². The highest BCUT2D eigenvalue weighted by Crippen LogP contribution is 1.94. The minimum atomic E-state index is -0.324. The fraction of sp³-hybridized carbons (Fsp3) is 1.00. The van der Waals surface area contributed by atoms with Gasteiger partial charge >= 0.3 is 0 Å². The van der Waals surface area contributed by atoms with E-state index in [-0.39, 0.29) is 6.10 Å². The van der Waals surface area contributed by atoms with Crippen LogP contribution in [0, 0.1) is 0 Å². The predicted molar refractivity (Wildman–Crippen MR) is 47.5 cm³/mol. The summed E-state index contributed by atoms with van der Waals surface area (Å²) in [6.45, 7) is 7.67. The second-order valence-electron chi connectivity index (χ2n) is 2.71. The molecule has 0 aromatic carbocycles. The van der Waals surface area contributed by atoms with Crippen LogP contribution in [0.5, 0.6) is 0 Å². The molecule has 0 heterocycles. The van der Waals surface area contributed by atoms with Gasteiger partial charge in [-0.3, -0.25) is 0 Å². The minimum Gasteiger partial charge on any atom is -0.392 e. The summed E-state index contributed by atoms with van der Waals surface area (Å²) in [5.41, 5.74) is 5.27. The van der Waals surface area contributed by atoms with Crippen LogP contribution in [0.2, 0.25) is 0 Å². The highest BCUT2D eigenvalue weighted by Gasteiger charge is 2.03. The van der Waals surface area contributed by atoms with E-state index in [2.05, 4.69) is 18.7 Å². The molecule has 0 aromatic heterocycles. The van der Waals surface area contributed by atoms with Crippen molar-refractivity contribution < 1.29 is 5.11 Å². The van der Waals surface area contributed by atoms with E-state index in [1.54, 1.807) is 0 Å². The molecule has 0 amide bonds. The molecule has 0 aliphatic heterocycles. The van der Waals surface area contributed by atoms with E-state index in [0.717, 1.165) is 26.1 Å². The predicted octanol–water partition coefficient (Wildman–Crippen LogP) is 0.0379. The second kappa shape index (κ2) is 6.58. The molecule has 1 atom stereocenters. The first-order valence-electron chi connectivity index (χ1n) is 4.35. The molecule has 3 nitrogen and oxygen atoms in total. The highest BCUT2D eigenvalue weighted by atomic mass is 16.3. The molecule has 0 radical (unpaired) electrons. The Labute approximate surface area is 69.2 Å². The fourth-order valence-electron chi connectivity index (χ4n) is 0.989. The van der Waals surface area contributed by atoms with Crippen molar-refractivity contribution in [1.29, 1.82) is 0 Å². The van der Waals surface area contributed by atoms with Gasteiger partial charge in [0.2, 0.25) is 0 Å². The van der Waals surface area contributed by atoms with Crippen LogP contribution in [0.25, 0.3) is 0 Å². The molecular formula is C8H20N2O. The van der Waals surface area contributed by atoms with Crippen LogP contribution in [0.4, 0.5) is 0 Å². The number of hydrogen-bond acceptors (Lipinski definition) is 3. The van der Waals surface area contributed by atoms with Crippen molar-refractivity contribution >= 4 is 0 Å². The molecule has 0 saturated carbocycles. The van der Waals surface area contributed by atoms with Gasteiger partial charge in [-0.1, -0.05) is 13.8 Å². The lowest BCUT2D eigenvalue weighted by molar-refractivity contribution is 0.150. The van der Waals surface area contributed by atoms with Gasteiger partial charge in [0.05, 0.1) is 6.10 Å². The summed E-state index contributed by atoms with van der Waals surface area (Å²) >= 11 is 0.